The van der Waals surface area contributed by atoms with Crippen molar-refractivity contribution in [2.24, 2.45) is 5.92 Å². The van der Waals surface area contributed by atoms with E-state index in [9.17, 15) is 4.79 Å². The van der Waals surface area contributed by atoms with Crippen LogP contribution in [0.1, 0.15) is 29.3 Å². The van der Waals surface area contributed by atoms with E-state index in [1.54, 1.807) is 0 Å². The fraction of sp³-hybridized carbons (Fsp3) is 0.385. The number of benzene rings is 2. The molecular weight excluding hydrogens is 400 g/mol. The maximum atomic E-state index is 13.5. The summed E-state index contributed by atoms with van der Waals surface area (Å²) >= 11 is 0. The Labute approximate surface area is 189 Å². The number of morpholine rings is 1. The van der Waals surface area contributed by atoms with E-state index in [1.807, 2.05) is 23.1 Å². The number of nitrogens with two attached hydrogens (primary N) is 1. The zero-order chi connectivity index (χ0) is 22.2. The van der Waals surface area contributed by atoms with E-state index >= 15 is 0 Å². The highest BCUT2D eigenvalue weighted by atomic mass is 16.5. The number of pyridine rings is 1. The summed E-state index contributed by atoms with van der Waals surface area (Å²) in [4.78, 5) is 22.5. The van der Waals surface area contributed by atoms with Crippen molar-refractivity contribution in [3.8, 4) is 11.1 Å². The Morgan fingerprint density at radius 2 is 1.91 bits per heavy atom. The summed E-state index contributed by atoms with van der Waals surface area (Å²) in [6, 6.07) is 14.2. The molecular formula is C26H30N4O2. The lowest BCUT2D eigenvalue weighted by molar-refractivity contribution is 0.0789. The summed E-state index contributed by atoms with van der Waals surface area (Å²) in [7, 11) is 0. The Hall–Kier alpha value is -3.12. The second-order valence-electron chi connectivity index (χ2n) is 9.01. The lowest BCUT2D eigenvalue weighted by Crippen LogP contribution is -2.36. The highest BCUT2D eigenvalue weighted by Crippen LogP contribution is 2.36. The molecule has 1 atom stereocenters. The minimum Gasteiger partial charge on any atom is -0.382 e. The van der Waals surface area contributed by atoms with Crippen LogP contribution in [0.4, 0.5) is 11.5 Å². The Morgan fingerprint density at radius 1 is 1.12 bits per heavy atom. The number of para-hydroxylation sites is 1. The third-order valence-electron chi connectivity index (χ3n) is 6.69. The monoisotopic (exact) mass is 430 g/mol. The second-order valence-corrected chi connectivity index (χ2v) is 9.01. The Bertz CT molecular complexity index is 1170. The number of carbonyl (C=O) groups excluding carboxylic acids is 1. The van der Waals surface area contributed by atoms with Gasteiger partial charge in [-0.05, 0) is 42.5 Å². The number of ether oxygens (including phenoxy) is 1. The van der Waals surface area contributed by atoms with Crippen molar-refractivity contribution in [1.82, 2.24) is 9.88 Å². The van der Waals surface area contributed by atoms with Crippen LogP contribution in [0, 0.1) is 12.8 Å². The van der Waals surface area contributed by atoms with Gasteiger partial charge in [-0.25, -0.2) is 4.98 Å². The van der Waals surface area contributed by atoms with E-state index in [-0.39, 0.29) is 5.91 Å². The van der Waals surface area contributed by atoms with E-state index < -0.39 is 0 Å². The van der Waals surface area contributed by atoms with Gasteiger partial charge in [0.05, 0.1) is 24.4 Å². The van der Waals surface area contributed by atoms with E-state index in [4.69, 9.17) is 15.5 Å². The van der Waals surface area contributed by atoms with Crippen LogP contribution >= 0.6 is 0 Å². The minimum atomic E-state index is 0.1000. The Balaban J connectivity index is 1.62. The van der Waals surface area contributed by atoms with Crippen LogP contribution in [0.2, 0.25) is 0 Å². The summed E-state index contributed by atoms with van der Waals surface area (Å²) in [5.41, 5.74) is 11.9. The molecule has 2 aromatic carbocycles. The molecule has 32 heavy (non-hydrogen) atoms. The molecule has 2 aliphatic heterocycles. The van der Waals surface area contributed by atoms with Gasteiger partial charge in [-0.3, -0.25) is 4.79 Å². The highest BCUT2D eigenvalue weighted by molar-refractivity contribution is 6.06. The Kier molecular flexibility index (Phi) is 5.47. The van der Waals surface area contributed by atoms with Crippen LogP contribution in [0.25, 0.3) is 22.0 Å². The van der Waals surface area contributed by atoms with E-state index in [1.165, 1.54) is 0 Å². The molecule has 1 aromatic heterocycles. The maximum absolute atomic E-state index is 13.5. The van der Waals surface area contributed by atoms with Crippen molar-refractivity contribution in [2.75, 3.05) is 50.0 Å². The fourth-order valence-corrected chi connectivity index (χ4v) is 4.95. The number of anilines is 2. The zero-order valence-corrected chi connectivity index (χ0v) is 18.8. The number of fused-ring (bicyclic) bond motifs is 1. The van der Waals surface area contributed by atoms with Crippen molar-refractivity contribution >= 4 is 28.3 Å². The SMILES string of the molecule is Cc1cccc(C(=O)N2CCC(C)C2)c1-c1cccc2cc(N3CCOCC3)c(N)nc12. The number of carbonyl (C=O) groups is 1. The maximum Gasteiger partial charge on any atom is 0.254 e. The van der Waals surface area contributed by atoms with Crippen molar-refractivity contribution in [1.29, 1.82) is 0 Å². The molecule has 0 saturated carbocycles. The number of amides is 1. The zero-order valence-electron chi connectivity index (χ0n) is 18.8. The number of aryl methyl sites for hydroxylation is 1. The standard InChI is InChI=1S/C26H30N4O2/c1-17-9-10-30(16-17)26(31)21-8-3-5-18(2)23(21)20-7-4-6-19-15-22(25(27)28-24(19)20)29-11-13-32-14-12-29/h3-8,15,17H,9-14,16H2,1-2H3,(H2,27,28). The minimum absolute atomic E-state index is 0.1000. The summed E-state index contributed by atoms with van der Waals surface area (Å²) in [6.45, 7) is 8.90. The number of likely N-dealkylation sites (tertiary alicyclic amines) is 1. The second kappa shape index (κ2) is 8.43. The van der Waals surface area contributed by atoms with Gasteiger partial charge in [0.25, 0.3) is 5.91 Å². The average Bonchev–Trinajstić information content (AvgIpc) is 3.24. The molecule has 0 aliphatic carbocycles. The van der Waals surface area contributed by atoms with Crippen LogP contribution in [0.3, 0.4) is 0 Å². The first-order valence-corrected chi connectivity index (χ1v) is 11.4. The van der Waals surface area contributed by atoms with Gasteiger partial charge in [0.2, 0.25) is 0 Å². The summed E-state index contributed by atoms with van der Waals surface area (Å²) in [5.74, 6) is 1.16. The van der Waals surface area contributed by atoms with Crippen molar-refractivity contribution in [3.63, 3.8) is 0 Å². The van der Waals surface area contributed by atoms with Crippen molar-refractivity contribution in [3.05, 3.63) is 53.6 Å². The van der Waals surface area contributed by atoms with E-state index in [0.29, 0.717) is 24.9 Å². The highest BCUT2D eigenvalue weighted by Gasteiger charge is 2.27. The lowest BCUT2D eigenvalue weighted by atomic mass is 9.92. The third kappa shape index (κ3) is 3.69. The smallest absolute Gasteiger partial charge is 0.254 e. The molecule has 2 N–H and O–H groups in total. The molecule has 6 nitrogen and oxygen atoms in total. The first-order valence-electron chi connectivity index (χ1n) is 11.4. The molecule has 166 valence electrons. The topological polar surface area (TPSA) is 71.7 Å². The fourth-order valence-electron chi connectivity index (χ4n) is 4.95. The lowest BCUT2D eigenvalue weighted by Gasteiger charge is -2.29. The third-order valence-corrected chi connectivity index (χ3v) is 6.69. The van der Waals surface area contributed by atoms with Crippen LogP contribution in [0.5, 0.6) is 0 Å². The molecule has 0 bridgehead atoms. The summed E-state index contributed by atoms with van der Waals surface area (Å²) in [6.07, 6.45) is 1.06. The normalized spacial score (nSPS) is 19.0. The number of aromatic nitrogens is 1. The molecule has 5 rings (SSSR count). The van der Waals surface area contributed by atoms with Gasteiger partial charge in [-0.2, -0.15) is 0 Å². The quantitative estimate of drug-likeness (QED) is 0.677. The van der Waals surface area contributed by atoms with Gasteiger partial charge in [0.1, 0.15) is 5.82 Å². The van der Waals surface area contributed by atoms with E-state index in [2.05, 4.69) is 43.0 Å². The van der Waals surface area contributed by atoms with Gasteiger partial charge in [-0.15, -0.1) is 0 Å². The van der Waals surface area contributed by atoms with Crippen molar-refractivity contribution < 1.29 is 9.53 Å². The van der Waals surface area contributed by atoms with Crippen molar-refractivity contribution in [2.45, 2.75) is 20.3 Å². The predicted octanol–water partition coefficient (Wildman–Crippen LogP) is 4.11. The Morgan fingerprint density at radius 3 is 2.66 bits per heavy atom. The number of hydrogen-bond acceptors (Lipinski definition) is 5. The average molecular weight is 431 g/mol. The summed E-state index contributed by atoms with van der Waals surface area (Å²) < 4.78 is 5.48. The summed E-state index contributed by atoms with van der Waals surface area (Å²) in [5, 5.41) is 1.02. The van der Waals surface area contributed by atoms with Gasteiger partial charge in [0, 0.05) is 42.7 Å². The van der Waals surface area contributed by atoms with E-state index in [0.717, 1.165) is 71.4 Å². The number of rotatable bonds is 3. The van der Waals surface area contributed by atoms with Gasteiger partial charge >= 0.3 is 0 Å². The molecule has 0 spiro atoms. The largest absolute Gasteiger partial charge is 0.382 e. The predicted molar refractivity (Wildman–Crippen MR) is 129 cm³/mol. The molecule has 2 fully saturated rings. The molecule has 6 heteroatoms. The van der Waals surface area contributed by atoms with Crippen LogP contribution in [-0.4, -0.2) is 55.2 Å². The molecule has 0 radical (unpaired) electrons. The molecule has 1 unspecified atom stereocenters. The van der Waals surface area contributed by atoms with Gasteiger partial charge < -0.3 is 20.3 Å². The number of nitrogens with zero attached hydrogens (tertiary/aromatic N) is 3. The number of hydrogen-bond donors (Lipinski definition) is 1. The molecule has 2 saturated heterocycles. The molecule has 2 aliphatic rings. The van der Waals surface area contributed by atoms with Crippen LogP contribution in [-0.2, 0) is 4.74 Å². The first kappa shape index (κ1) is 20.8. The van der Waals surface area contributed by atoms with Gasteiger partial charge in [0.15, 0.2) is 0 Å². The molecule has 3 aromatic rings. The van der Waals surface area contributed by atoms with Crippen LogP contribution < -0.4 is 10.6 Å². The van der Waals surface area contributed by atoms with Crippen LogP contribution in [0.15, 0.2) is 42.5 Å². The molecule has 1 amide bonds. The van der Waals surface area contributed by atoms with Gasteiger partial charge in [-0.1, -0.05) is 37.3 Å². The first-order chi connectivity index (χ1) is 15.5. The molecule has 3 heterocycles. The number of nitrogen functional groups attached to an aromatic ring is 1.